The first kappa shape index (κ1) is 20.2. The van der Waals surface area contributed by atoms with Crippen molar-refractivity contribution in [3.63, 3.8) is 0 Å². The van der Waals surface area contributed by atoms with Crippen LogP contribution >= 0.6 is 11.8 Å². The summed E-state index contributed by atoms with van der Waals surface area (Å²) in [4.78, 5) is 44.0. The Bertz CT molecular complexity index is 851. The van der Waals surface area contributed by atoms with E-state index in [4.69, 9.17) is 9.15 Å². The lowest BCUT2D eigenvalue weighted by molar-refractivity contribution is -0.123. The van der Waals surface area contributed by atoms with Crippen LogP contribution in [-0.4, -0.2) is 47.3 Å². The lowest BCUT2D eigenvalue weighted by atomic mass is 10.2. The highest BCUT2D eigenvalue weighted by Crippen LogP contribution is 2.25. The largest absolute Gasteiger partial charge is 0.461 e. The number of hydrogen-bond donors (Lipinski definition) is 2. The molecule has 10 heteroatoms. The van der Waals surface area contributed by atoms with Crippen molar-refractivity contribution in [3.8, 4) is 11.6 Å². The summed E-state index contributed by atoms with van der Waals surface area (Å²) in [5, 5.41) is 4.79. The minimum absolute atomic E-state index is 0.154. The molecule has 0 aliphatic heterocycles. The fraction of sp³-hybridized carbons (Fsp3) is 0.235. The predicted molar refractivity (Wildman–Crippen MR) is 98.3 cm³/mol. The number of hydrogen-bond acceptors (Lipinski definition) is 8. The Morgan fingerprint density at radius 1 is 1.37 bits per heavy atom. The van der Waals surface area contributed by atoms with E-state index in [-0.39, 0.29) is 12.1 Å². The number of urea groups is 1. The van der Waals surface area contributed by atoms with Gasteiger partial charge in [-0.3, -0.25) is 10.1 Å². The molecule has 0 atom stereocenters. The van der Waals surface area contributed by atoms with Gasteiger partial charge in [-0.05, 0) is 25.3 Å². The van der Waals surface area contributed by atoms with E-state index in [2.05, 4.69) is 21.9 Å². The van der Waals surface area contributed by atoms with E-state index in [1.165, 1.54) is 24.1 Å². The number of nitrogens with zero attached hydrogens (tertiary/aromatic N) is 2. The molecule has 0 radical (unpaired) electrons. The third-order valence-corrected chi connectivity index (χ3v) is 3.87. The first-order chi connectivity index (χ1) is 13.0. The van der Waals surface area contributed by atoms with Gasteiger partial charge in [0.15, 0.2) is 18.2 Å². The minimum atomic E-state index is -0.763. The van der Waals surface area contributed by atoms with Crippen LogP contribution in [0.4, 0.5) is 4.79 Å². The number of ether oxygens (including phenoxy) is 1. The molecule has 0 aromatic carbocycles. The fourth-order valence-electron chi connectivity index (χ4n) is 2.02. The summed E-state index contributed by atoms with van der Waals surface area (Å²) in [5.74, 6) is -0.709. The van der Waals surface area contributed by atoms with Gasteiger partial charge < -0.3 is 14.5 Å². The van der Waals surface area contributed by atoms with Gasteiger partial charge in [0, 0.05) is 6.54 Å². The number of carbonyl (C=O) groups excluding carboxylic acids is 3. The summed E-state index contributed by atoms with van der Waals surface area (Å²) in [6.45, 7) is 4.65. The zero-order chi connectivity index (χ0) is 19.8. The average Bonchev–Trinajstić information content (AvgIpc) is 3.18. The molecule has 0 fully saturated rings. The molecule has 0 unspecified atom stereocenters. The van der Waals surface area contributed by atoms with Crippen LogP contribution in [0.2, 0.25) is 0 Å². The van der Waals surface area contributed by atoms with Crippen molar-refractivity contribution in [3.05, 3.63) is 42.3 Å². The number of nitrogens with one attached hydrogen (secondary N) is 2. The standard InChI is InChI=1S/C17H18N4O5S/c1-4-7-18-17(24)20-12(22)9-26-16(23)13-10(2)19-14(21-15(13)27-3)11-6-5-8-25-11/h4-6,8H,1,7,9H2,2-3H3,(H2,18,20,22,24). The second-order valence-electron chi connectivity index (χ2n) is 5.12. The van der Waals surface area contributed by atoms with E-state index in [1.807, 2.05) is 5.32 Å². The van der Waals surface area contributed by atoms with Crippen LogP contribution < -0.4 is 10.6 Å². The van der Waals surface area contributed by atoms with Crippen molar-refractivity contribution in [1.29, 1.82) is 0 Å². The smallest absolute Gasteiger partial charge is 0.343 e. The summed E-state index contributed by atoms with van der Waals surface area (Å²) in [7, 11) is 0. The van der Waals surface area contributed by atoms with E-state index < -0.39 is 24.5 Å². The van der Waals surface area contributed by atoms with E-state index >= 15 is 0 Å². The molecule has 2 rings (SSSR count). The Hall–Kier alpha value is -3.14. The highest BCUT2D eigenvalue weighted by atomic mass is 32.2. The average molecular weight is 390 g/mol. The van der Waals surface area contributed by atoms with Gasteiger partial charge >= 0.3 is 12.0 Å². The second-order valence-corrected chi connectivity index (χ2v) is 5.91. The summed E-state index contributed by atoms with van der Waals surface area (Å²) >= 11 is 1.24. The lowest BCUT2D eigenvalue weighted by Gasteiger charge is -2.11. The van der Waals surface area contributed by atoms with Crippen molar-refractivity contribution in [2.45, 2.75) is 11.9 Å². The Morgan fingerprint density at radius 2 is 2.15 bits per heavy atom. The first-order valence-electron chi connectivity index (χ1n) is 7.78. The third kappa shape index (κ3) is 5.42. The molecule has 0 aliphatic rings. The molecule has 0 aliphatic carbocycles. The number of rotatable bonds is 7. The predicted octanol–water partition coefficient (Wildman–Crippen LogP) is 1.94. The Balaban J connectivity index is 2.06. The summed E-state index contributed by atoms with van der Waals surface area (Å²) in [6.07, 6.45) is 4.71. The van der Waals surface area contributed by atoms with Gasteiger partial charge in [-0.25, -0.2) is 19.6 Å². The second kappa shape index (κ2) is 9.53. The van der Waals surface area contributed by atoms with Crippen molar-refractivity contribution >= 4 is 29.7 Å². The van der Waals surface area contributed by atoms with Crippen LogP contribution in [0.3, 0.4) is 0 Å². The number of aromatic nitrogens is 2. The quantitative estimate of drug-likeness (QED) is 0.318. The van der Waals surface area contributed by atoms with Crippen molar-refractivity contribution in [1.82, 2.24) is 20.6 Å². The molecule has 2 N–H and O–H groups in total. The zero-order valence-corrected chi connectivity index (χ0v) is 15.6. The van der Waals surface area contributed by atoms with Gasteiger partial charge in [-0.1, -0.05) is 6.08 Å². The SMILES string of the molecule is C=CCNC(=O)NC(=O)COC(=O)c1c(C)nc(-c2ccco2)nc1SC. The lowest BCUT2D eigenvalue weighted by Crippen LogP contribution is -2.41. The molecule has 0 bridgehead atoms. The summed E-state index contributed by atoms with van der Waals surface area (Å²) in [5.41, 5.74) is 0.539. The monoisotopic (exact) mass is 390 g/mol. The molecule has 2 heterocycles. The van der Waals surface area contributed by atoms with Crippen LogP contribution in [0.5, 0.6) is 0 Å². The first-order valence-corrected chi connectivity index (χ1v) is 9.01. The maximum Gasteiger partial charge on any atom is 0.343 e. The highest BCUT2D eigenvalue weighted by Gasteiger charge is 2.22. The third-order valence-electron chi connectivity index (χ3n) is 3.19. The van der Waals surface area contributed by atoms with Gasteiger partial charge in [0.05, 0.1) is 12.0 Å². The highest BCUT2D eigenvalue weighted by molar-refractivity contribution is 7.98. The van der Waals surface area contributed by atoms with Crippen LogP contribution in [0.15, 0.2) is 40.5 Å². The van der Waals surface area contributed by atoms with E-state index in [0.29, 0.717) is 22.3 Å². The van der Waals surface area contributed by atoms with E-state index in [9.17, 15) is 14.4 Å². The van der Waals surface area contributed by atoms with Gasteiger partial charge in [0.1, 0.15) is 10.6 Å². The molecule has 0 spiro atoms. The number of amides is 3. The van der Waals surface area contributed by atoms with E-state index in [1.54, 1.807) is 25.3 Å². The van der Waals surface area contributed by atoms with Crippen molar-refractivity contribution in [2.75, 3.05) is 19.4 Å². The van der Waals surface area contributed by atoms with Crippen molar-refractivity contribution < 1.29 is 23.5 Å². The normalized spacial score (nSPS) is 10.1. The molecule has 142 valence electrons. The zero-order valence-electron chi connectivity index (χ0n) is 14.8. The van der Waals surface area contributed by atoms with E-state index in [0.717, 1.165) is 0 Å². The molecule has 27 heavy (non-hydrogen) atoms. The number of furan rings is 1. The van der Waals surface area contributed by atoms with Gasteiger partial charge in [-0.2, -0.15) is 0 Å². The molecule has 3 amide bonds. The van der Waals surface area contributed by atoms with Crippen molar-refractivity contribution in [2.24, 2.45) is 0 Å². The molecule has 9 nitrogen and oxygen atoms in total. The maximum atomic E-state index is 12.4. The van der Waals surface area contributed by atoms with Crippen LogP contribution in [-0.2, 0) is 9.53 Å². The van der Waals surface area contributed by atoms with Gasteiger partial charge in [0.2, 0.25) is 0 Å². The number of aryl methyl sites for hydroxylation is 1. The van der Waals surface area contributed by atoms with Crippen LogP contribution in [0.25, 0.3) is 11.6 Å². The topological polar surface area (TPSA) is 123 Å². The Kier molecular flexibility index (Phi) is 7.12. The summed E-state index contributed by atoms with van der Waals surface area (Å²) in [6, 6.07) is 2.71. The molecule has 0 saturated carbocycles. The van der Waals surface area contributed by atoms with Crippen LogP contribution in [0, 0.1) is 6.92 Å². The number of imide groups is 1. The van der Waals surface area contributed by atoms with Gasteiger partial charge in [-0.15, -0.1) is 18.3 Å². The molecule has 2 aromatic rings. The molecular formula is C17H18N4O5S. The number of thioether (sulfide) groups is 1. The Labute approximate surface area is 159 Å². The maximum absolute atomic E-state index is 12.4. The minimum Gasteiger partial charge on any atom is -0.461 e. The number of carbonyl (C=O) groups is 3. The molecule has 0 saturated heterocycles. The van der Waals surface area contributed by atoms with Gasteiger partial charge in [0.25, 0.3) is 5.91 Å². The number of esters is 1. The van der Waals surface area contributed by atoms with Crippen LogP contribution in [0.1, 0.15) is 16.1 Å². The molecular weight excluding hydrogens is 372 g/mol. The molecule has 2 aromatic heterocycles. The Morgan fingerprint density at radius 3 is 2.78 bits per heavy atom. The fourth-order valence-corrected chi connectivity index (χ4v) is 2.63. The summed E-state index contributed by atoms with van der Waals surface area (Å²) < 4.78 is 10.3.